The van der Waals surface area contributed by atoms with Crippen LogP contribution >= 0.6 is 15.9 Å². The molecule has 0 radical (unpaired) electrons. The topological polar surface area (TPSA) is 135 Å². The fraction of sp³-hybridized carbons (Fsp3) is 0.611. The molecule has 8 atom stereocenters. The summed E-state index contributed by atoms with van der Waals surface area (Å²) >= 11 is 3.72. The van der Waals surface area contributed by atoms with Crippen molar-refractivity contribution in [1.29, 1.82) is 0 Å². The molecule has 12 heteroatoms. The lowest BCUT2D eigenvalue weighted by Crippen LogP contribution is -2.59. The largest absolute Gasteiger partial charge is 0.455 e. The summed E-state index contributed by atoms with van der Waals surface area (Å²) < 4.78 is 18.4. The minimum atomic E-state index is -1.28. The maximum atomic E-state index is 14.6. The van der Waals surface area contributed by atoms with Gasteiger partial charge in [0.15, 0.2) is 0 Å². The van der Waals surface area contributed by atoms with Gasteiger partial charge in [-0.3, -0.25) is 19.2 Å². The van der Waals surface area contributed by atoms with E-state index in [1.807, 2.05) is 23.1 Å². The molecule has 11 nitrogen and oxygen atoms in total. The molecule has 1 spiro atoms. The number of carbonyl (C=O) groups excluding carboxylic acids is 4. The maximum absolute atomic E-state index is 14.6. The molecule has 3 amide bonds. The summed E-state index contributed by atoms with van der Waals surface area (Å²) in [5, 5.41) is 13.0. The minimum absolute atomic E-state index is 0.0101. The Morgan fingerprint density at radius 3 is 2.56 bits per heavy atom. The van der Waals surface area contributed by atoms with Crippen LogP contribution in [0.4, 0.5) is 0 Å². The predicted octanol–water partition coefficient (Wildman–Crippen LogP) is 3.46. The number of benzene rings is 1. The van der Waals surface area contributed by atoms with Crippen molar-refractivity contribution >= 4 is 39.6 Å². The first-order chi connectivity index (χ1) is 23.2. The normalized spacial score (nSPS) is 29.2. The van der Waals surface area contributed by atoms with Crippen LogP contribution in [0.2, 0.25) is 0 Å². The van der Waals surface area contributed by atoms with E-state index in [0.717, 1.165) is 32.1 Å². The van der Waals surface area contributed by atoms with Crippen molar-refractivity contribution in [2.24, 2.45) is 11.8 Å². The molecule has 4 aliphatic rings. The molecule has 3 aliphatic heterocycles. The summed E-state index contributed by atoms with van der Waals surface area (Å²) in [4.78, 5) is 59.1. The number of hydrogen-bond donors (Lipinski definition) is 2. The number of aliphatic hydroxyl groups is 1. The third kappa shape index (κ3) is 6.99. The summed E-state index contributed by atoms with van der Waals surface area (Å²) in [6, 6.07) is 7.35. The molecule has 1 aromatic carbocycles. The number of β-amino-alcohol motifs (C(OH)–C–C–N with tert-alkyl or cyclic N) is 1. The molecule has 262 valence electrons. The highest BCUT2D eigenvalue weighted by molar-refractivity contribution is 9.09. The minimum Gasteiger partial charge on any atom is -0.455 e. The molecule has 0 aromatic heterocycles. The van der Waals surface area contributed by atoms with E-state index in [1.54, 1.807) is 24.3 Å². The van der Waals surface area contributed by atoms with Crippen molar-refractivity contribution in [1.82, 2.24) is 15.1 Å². The summed E-state index contributed by atoms with van der Waals surface area (Å²) in [7, 11) is 1.50. The second-order valence-corrected chi connectivity index (χ2v) is 14.4. The number of methoxy groups -OCH3 is 1. The molecule has 48 heavy (non-hydrogen) atoms. The van der Waals surface area contributed by atoms with E-state index in [1.165, 1.54) is 12.0 Å². The number of halogens is 1. The molecule has 1 aromatic rings. The number of nitrogens with zero attached hydrogens (tertiary/aromatic N) is 2. The van der Waals surface area contributed by atoms with Crippen LogP contribution in [-0.2, 0) is 33.4 Å². The zero-order valence-electron chi connectivity index (χ0n) is 27.6. The summed E-state index contributed by atoms with van der Waals surface area (Å²) in [5.74, 6) is -3.57. The third-order valence-corrected chi connectivity index (χ3v) is 11.1. The van der Waals surface area contributed by atoms with Crippen molar-refractivity contribution in [3.63, 3.8) is 0 Å². The van der Waals surface area contributed by atoms with E-state index in [0.29, 0.717) is 24.9 Å². The first-order valence-corrected chi connectivity index (χ1v) is 17.9. The number of ether oxygens (including phenoxy) is 3. The summed E-state index contributed by atoms with van der Waals surface area (Å²) in [6.07, 6.45) is 7.61. The van der Waals surface area contributed by atoms with Crippen LogP contribution in [0.5, 0.6) is 0 Å². The fourth-order valence-electron chi connectivity index (χ4n) is 8.26. The molecule has 4 fully saturated rings. The molecule has 1 aliphatic carbocycles. The number of esters is 1. The van der Waals surface area contributed by atoms with Crippen LogP contribution in [-0.4, -0.2) is 107 Å². The molecular weight excluding hydrogens is 682 g/mol. The van der Waals surface area contributed by atoms with E-state index >= 15 is 0 Å². The Kier molecular flexibility index (Phi) is 12.2. The first-order valence-electron chi connectivity index (χ1n) is 17.0. The molecule has 1 unspecified atom stereocenters. The number of carbonyl (C=O) groups is 4. The molecule has 5 rings (SSSR count). The average molecular weight is 731 g/mol. The lowest BCUT2D eigenvalue weighted by atomic mass is 9.70. The van der Waals surface area contributed by atoms with Crippen LogP contribution in [0, 0.1) is 11.8 Å². The van der Waals surface area contributed by atoms with Gasteiger partial charge in [0.2, 0.25) is 17.7 Å². The van der Waals surface area contributed by atoms with Crippen LogP contribution in [0.25, 0.3) is 0 Å². The van der Waals surface area contributed by atoms with E-state index in [2.05, 4.69) is 34.4 Å². The average Bonchev–Trinajstić information content (AvgIpc) is 3.68. The van der Waals surface area contributed by atoms with Crippen LogP contribution in [0.3, 0.4) is 0 Å². The first kappa shape index (κ1) is 36.2. The molecule has 2 N–H and O–H groups in total. The van der Waals surface area contributed by atoms with Gasteiger partial charge in [-0.2, -0.15) is 0 Å². The van der Waals surface area contributed by atoms with Gasteiger partial charge in [0.1, 0.15) is 17.7 Å². The zero-order chi connectivity index (χ0) is 34.4. The Bertz CT molecular complexity index is 1340. The van der Waals surface area contributed by atoms with Crippen molar-refractivity contribution in [2.75, 3.05) is 33.4 Å². The quantitative estimate of drug-likeness (QED) is 0.150. The number of fused-ring (bicyclic) bond motifs is 1. The number of aliphatic hydroxyl groups excluding tert-OH is 1. The van der Waals surface area contributed by atoms with E-state index in [4.69, 9.17) is 14.2 Å². The highest BCUT2D eigenvalue weighted by atomic mass is 79.9. The molecular formula is C36H48BrN3O8. The van der Waals surface area contributed by atoms with Gasteiger partial charge < -0.3 is 34.4 Å². The van der Waals surface area contributed by atoms with Crippen LogP contribution in [0.15, 0.2) is 55.6 Å². The van der Waals surface area contributed by atoms with Gasteiger partial charge in [-0.15, -0.1) is 13.2 Å². The standard InChI is InChI=1S/C36H48BrN3O8/c1-4-6-17-27(42)38-26(22-46-3)30(23-13-9-7-10-14-23)47-35(45)28-29-33(43)40(19-20-41)32(36(29)21-25(37)31(28)48-36)34(44)39(18-5-2)24-15-11-8-12-16-24/h4-5,7,9-10,13-14,24-26,28-32,41H,1-2,6,8,11-12,15-22H2,3H3,(H,38,42)/t25?,26-,28+,29-,30-,31+,32+,36-/m0/s1. The highest BCUT2D eigenvalue weighted by Gasteiger charge is 2.77. The molecule has 1 saturated carbocycles. The van der Waals surface area contributed by atoms with Crippen molar-refractivity contribution in [3.8, 4) is 0 Å². The predicted molar refractivity (Wildman–Crippen MR) is 182 cm³/mol. The number of nitrogens with one attached hydrogen (secondary N) is 1. The zero-order valence-corrected chi connectivity index (χ0v) is 29.2. The summed E-state index contributed by atoms with van der Waals surface area (Å²) in [6.45, 7) is 7.55. The Morgan fingerprint density at radius 2 is 1.92 bits per heavy atom. The second kappa shape index (κ2) is 16.1. The maximum Gasteiger partial charge on any atom is 0.313 e. The van der Waals surface area contributed by atoms with E-state index in [9.17, 15) is 24.3 Å². The lowest BCUT2D eigenvalue weighted by molar-refractivity contribution is -0.163. The number of alkyl halides is 1. The van der Waals surface area contributed by atoms with E-state index in [-0.39, 0.29) is 48.9 Å². The van der Waals surface area contributed by atoms with Gasteiger partial charge in [-0.05, 0) is 31.2 Å². The number of rotatable bonds is 16. The van der Waals surface area contributed by atoms with Crippen LogP contribution < -0.4 is 5.32 Å². The molecule has 3 heterocycles. The Hall–Kier alpha value is -3.06. The second-order valence-electron chi connectivity index (χ2n) is 13.2. The lowest BCUT2D eigenvalue weighted by Gasteiger charge is -2.40. The van der Waals surface area contributed by atoms with Gasteiger partial charge in [-0.1, -0.05) is 77.7 Å². The monoisotopic (exact) mass is 729 g/mol. The van der Waals surface area contributed by atoms with Gasteiger partial charge in [0.05, 0.1) is 37.2 Å². The van der Waals surface area contributed by atoms with Gasteiger partial charge in [-0.25, -0.2) is 0 Å². The Morgan fingerprint density at radius 1 is 1.19 bits per heavy atom. The van der Waals surface area contributed by atoms with Gasteiger partial charge in [0.25, 0.3) is 0 Å². The SMILES string of the molecule is C=CCCC(=O)N[C@@H](COC)[C@@H](OC(=O)[C@H]1[C@@H]2O[C@@]3(CC2Br)[C@@H]1C(=O)N(CCO)[C@@H]3C(=O)N(CC=C)C1CCCCC1)c1ccccc1. The molecule has 3 saturated heterocycles. The summed E-state index contributed by atoms with van der Waals surface area (Å²) in [5.41, 5.74) is -0.640. The Balaban J connectivity index is 1.48. The van der Waals surface area contributed by atoms with Gasteiger partial charge in [0, 0.05) is 37.5 Å². The highest BCUT2D eigenvalue weighted by Crippen LogP contribution is 2.60. The number of amides is 3. The smallest absolute Gasteiger partial charge is 0.313 e. The van der Waals surface area contributed by atoms with Crippen LogP contribution in [0.1, 0.15) is 63.0 Å². The van der Waals surface area contributed by atoms with Crippen molar-refractivity contribution < 1.29 is 38.5 Å². The number of likely N-dealkylation sites (tertiary alicyclic amines) is 1. The number of allylic oxidation sites excluding steroid dienone is 1. The van der Waals surface area contributed by atoms with Crippen molar-refractivity contribution in [2.45, 2.75) is 92.1 Å². The molecule has 2 bridgehead atoms. The van der Waals surface area contributed by atoms with E-state index < -0.39 is 53.6 Å². The third-order valence-electron chi connectivity index (χ3n) is 10.3. The van der Waals surface area contributed by atoms with Crippen molar-refractivity contribution in [3.05, 3.63) is 61.2 Å². The Labute approximate surface area is 291 Å². The number of hydrogen-bond acceptors (Lipinski definition) is 8. The fourth-order valence-corrected chi connectivity index (χ4v) is 9.20. The van der Waals surface area contributed by atoms with Gasteiger partial charge >= 0.3 is 5.97 Å².